The van der Waals surface area contributed by atoms with Gasteiger partial charge in [0.05, 0.1) is 0 Å². The van der Waals surface area contributed by atoms with Crippen LogP contribution in [0.4, 0.5) is 0 Å². The smallest absolute Gasteiger partial charge is 0.335 e. The Morgan fingerprint density at radius 1 is 0.783 bits per heavy atom. The van der Waals surface area contributed by atoms with Crippen molar-refractivity contribution in [3.63, 3.8) is 0 Å². The van der Waals surface area contributed by atoms with Crippen molar-refractivity contribution in [1.82, 2.24) is 0 Å². The number of fused-ring (bicyclic) bond motifs is 4. The van der Waals surface area contributed by atoms with Crippen molar-refractivity contribution in [3.05, 3.63) is 79.4 Å². The molecule has 4 aromatic carbocycles. The first-order valence-corrected chi connectivity index (χ1v) is 7.44. The minimum Gasteiger partial charge on any atom is -0.423 e. The summed E-state index contributed by atoms with van der Waals surface area (Å²) in [7, 11) is 0. The van der Waals surface area contributed by atoms with E-state index in [1.807, 2.05) is 24.3 Å². The van der Waals surface area contributed by atoms with Crippen LogP contribution in [-0.4, -0.2) is 5.97 Å². The SMILES string of the molecule is C=CC(=O)Oc1ccc2c(ccc3cc4ccccc4cc32)c1. The summed E-state index contributed by atoms with van der Waals surface area (Å²) in [6, 6.07) is 22.6. The third-order valence-corrected chi connectivity index (χ3v) is 4.06. The average molecular weight is 298 g/mol. The van der Waals surface area contributed by atoms with E-state index in [4.69, 9.17) is 4.74 Å². The zero-order chi connectivity index (χ0) is 15.8. The van der Waals surface area contributed by atoms with E-state index in [9.17, 15) is 4.79 Å². The van der Waals surface area contributed by atoms with Crippen LogP contribution in [-0.2, 0) is 4.79 Å². The molecule has 0 N–H and O–H groups in total. The molecule has 0 aliphatic carbocycles. The summed E-state index contributed by atoms with van der Waals surface area (Å²) >= 11 is 0. The number of hydrogen-bond acceptors (Lipinski definition) is 2. The highest BCUT2D eigenvalue weighted by atomic mass is 16.5. The van der Waals surface area contributed by atoms with Crippen molar-refractivity contribution >= 4 is 38.3 Å². The largest absolute Gasteiger partial charge is 0.423 e. The first-order chi connectivity index (χ1) is 11.2. The number of benzene rings is 4. The van der Waals surface area contributed by atoms with Crippen molar-refractivity contribution in [2.75, 3.05) is 0 Å². The first-order valence-electron chi connectivity index (χ1n) is 7.44. The second-order valence-corrected chi connectivity index (χ2v) is 5.49. The van der Waals surface area contributed by atoms with E-state index in [0.29, 0.717) is 5.75 Å². The maximum absolute atomic E-state index is 11.3. The van der Waals surface area contributed by atoms with Crippen LogP contribution in [0.5, 0.6) is 5.75 Å². The zero-order valence-electron chi connectivity index (χ0n) is 12.5. The fourth-order valence-electron chi connectivity index (χ4n) is 2.95. The van der Waals surface area contributed by atoms with Crippen molar-refractivity contribution in [2.24, 2.45) is 0 Å². The number of ether oxygens (including phenoxy) is 1. The highest BCUT2D eigenvalue weighted by molar-refractivity contribution is 6.12. The van der Waals surface area contributed by atoms with Gasteiger partial charge in [-0.15, -0.1) is 0 Å². The van der Waals surface area contributed by atoms with Crippen LogP contribution in [0.2, 0.25) is 0 Å². The Hall–Kier alpha value is -3.13. The normalized spacial score (nSPS) is 11.0. The van der Waals surface area contributed by atoms with Gasteiger partial charge in [-0.1, -0.05) is 49.0 Å². The number of hydrogen-bond donors (Lipinski definition) is 0. The Morgan fingerprint density at radius 2 is 1.48 bits per heavy atom. The highest BCUT2D eigenvalue weighted by Crippen LogP contribution is 2.31. The van der Waals surface area contributed by atoms with Crippen LogP contribution >= 0.6 is 0 Å². The molecule has 0 spiro atoms. The number of carbonyl (C=O) groups is 1. The van der Waals surface area contributed by atoms with Gasteiger partial charge in [-0.05, 0) is 56.6 Å². The predicted molar refractivity (Wildman–Crippen MR) is 94.8 cm³/mol. The lowest BCUT2D eigenvalue weighted by molar-refractivity contribution is -0.128. The Labute approximate surface area is 133 Å². The van der Waals surface area contributed by atoms with Crippen LogP contribution in [0.15, 0.2) is 79.4 Å². The van der Waals surface area contributed by atoms with E-state index in [-0.39, 0.29) is 0 Å². The summed E-state index contributed by atoms with van der Waals surface area (Å²) in [6.45, 7) is 3.41. The second kappa shape index (κ2) is 5.25. The van der Waals surface area contributed by atoms with Gasteiger partial charge < -0.3 is 4.74 Å². The van der Waals surface area contributed by atoms with E-state index in [1.54, 1.807) is 0 Å². The third-order valence-electron chi connectivity index (χ3n) is 4.06. The molecular weight excluding hydrogens is 284 g/mol. The van der Waals surface area contributed by atoms with Crippen molar-refractivity contribution in [1.29, 1.82) is 0 Å². The number of carbonyl (C=O) groups excluding carboxylic acids is 1. The fourth-order valence-corrected chi connectivity index (χ4v) is 2.95. The molecule has 0 radical (unpaired) electrons. The van der Waals surface area contributed by atoms with E-state index in [1.165, 1.54) is 21.5 Å². The molecule has 4 rings (SSSR count). The molecule has 4 aromatic rings. The molecule has 2 heteroatoms. The summed E-state index contributed by atoms with van der Waals surface area (Å²) in [4.78, 5) is 11.3. The molecule has 0 fully saturated rings. The lowest BCUT2D eigenvalue weighted by Crippen LogP contribution is -2.02. The van der Waals surface area contributed by atoms with Gasteiger partial charge in [0, 0.05) is 6.08 Å². The molecule has 0 atom stereocenters. The van der Waals surface area contributed by atoms with Gasteiger partial charge in [0.15, 0.2) is 0 Å². The molecule has 0 saturated carbocycles. The van der Waals surface area contributed by atoms with E-state index < -0.39 is 5.97 Å². The van der Waals surface area contributed by atoms with Gasteiger partial charge in [-0.2, -0.15) is 0 Å². The summed E-state index contributed by atoms with van der Waals surface area (Å²) < 4.78 is 5.20. The Kier molecular flexibility index (Phi) is 3.09. The van der Waals surface area contributed by atoms with Crippen molar-refractivity contribution in [3.8, 4) is 5.75 Å². The van der Waals surface area contributed by atoms with Gasteiger partial charge in [-0.25, -0.2) is 4.79 Å². The number of esters is 1. The molecule has 23 heavy (non-hydrogen) atoms. The van der Waals surface area contributed by atoms with E-state index in [2.05, 4.69) is 49.0 Å². The van der Waals surface area contributed by atoms with Crippen molar-refractivity contribution < 1.29 is 9.53 Å². The Bertz CT molecular complexity index is 1080. The molecule has 0 heterocycles. The topological polar surface area (TPSA) is 26.3 Å². The van der Waals surface area contributed by atoms with Gasteiger partial charge in [-0.3, -0.25) is 0 Å². The molecule has 0 bridgehead atoms. The summed E-state index contributed by atoms with van der Waals surface area (Å²) in [5, 5.41) is 7.04. The van der Waals surface area contributed by atoms with Crippen molar-refractivity contribution in [2.45, 2.75) is 0 Å². The highest BCUT2D eigenvalue weighted by Gasteiger charge is 2.06. The monoisotopic (exact) mass is 298 g/mol. The predicted octanol–water partition coefficient (Wildman–Crippen LogP) is 5.24. The molecule has 0 unspecified atom stereocenters. The molecular formula is C21H14O2. The van der Waals surface area contributed by atoms with Gasteiger partial charge in [0.1, 0.15) is 5.75 Å². The van der Waals surface area contributed by atoms with Gasteiger partial charge in [0.25, 0.3) is 0 Å². The minimum atomic E-state index is -0.448. The second-order valence-electron chi connectivity index (χ2n) is 5.49. The quantitative estimate of drug-likeness (QED) is 0.166. The molecule has 0 amide bonds. The fraction of sp³-hybridized carbons (Fsp3) is 0. The Balaban J connectivity index is 1.95. The van der Waals surface area contributed by atoms with Crippen LogP contribution in [0.1, 0.15) is 0 Å². The molecule has 0 aromatic heterocycles. The standard InChI is InChI=1S/C21H14O2/c1-2-21(22)23-18-9-10-19-17(12-18)8-7-16-11-14-5-3-4-6-15(14)13-20(16)19/h2-13H,1H2. The maximum atomic E-state index is 11.3. The zero-order valence-corrected chi connectivity index (χ0v) is 12.5. The van der Waals surface area contributed by atoms with Crippen LogP contribution in [0, 0.1) is 0 Å². The van der Waals surface area contributed by atoms with E-state index in [0.717, 1.165) is 16.8 Å². The lowest BCUT2D eigenvalue weighted by Gasteiger charge is -2.08. The average Bonchev–Trinajstić information content (AvgIpc) is 2.59. The van der Waals surface area contributed by atoms with Crippen LogP contribution in [0.25, 0.3) is 32.3 Å². The summed E-state index contributed by atoms with van der Waals surface area (Å²) in [5.74, 6) is 0.0821. The molecule has 0 aliphatic rings. The third kappa shape index (κ3) is 2.34. The maximum Gasteiger partial charge on any atom is 0.335 e. The number of rotatable bonds is 2. The Morgan fingerprint density at radius 3 is 2.22 bits per heavy atom. The van der Waals surface area contributed by atoms with E-state index >= 15 is 0 Å². The summed E-state index contributed by atoms with van der Waals surface area (Å²) in [5.41, 5.74) is 0. The van der Waals surface area contributed by atoms with Crippen LogP contribution < -0.4 is 4.74 Å². The lowest BCUT2D eigenvalue weighted by atomic mass is 9.98. The molecule has 110 valence electrons. The first kappa shape index (κ1) is 13.5. The molecule has 0 aliphatic heterocycles. The van der Waals surface area contributed by atoms with Crippen LogP contribution in [0.3, 0.4) is 0 Å². The molecule has 0 saturated heterocycles. The minimum absolute atomic E-state index is 0.448. The summed E-state index contributed by atoms with van der Waals surface area (Å²) in [6.07, 6.45) is 1.16. The molecule has 2 nitrogen and oxygen atoms in total. The van der Waals surface area contributed by atoms with Gasteiger partial charge in [0.2, 0.25) is 0 Å². The van der Waals surface area contributed by atoms with Gasteiger partial charge >= 0.3 is 5.97 Å².